The monoisotopic (exact) mass is 446 g/mol. The summed E-state index contributed by atoms with van der Waals surface area (Å²) in [5, 5.41) is 7.14. The van der Waals surface area contributed by atoms with E-state index in [2.05, 4.69) is 15.5 Å². The Morgan fingerprint density at radius 1 is 1.12 bits per heavy atom. The van der Waals surface area contributed by atoms with Crippen LogP contribution in [-0.2, 0) is 4.79 Å². The molecule has 1 aliphatic heterocycles. The molecule has 1 unspecified atom stereocenters. The lowest BCUT2D eigenvalue weighted by Crippen LogP contribution is -2.43. The first-order valence-corrected chi connectivity index (χ1v) is 11.4. The third-order valence-electron chi connectivity index (χ3n) is 6.09. The zero-order chi connectivity index (χ0) is 23.5. The predicted molar refractivity (Wildman–Crippen MR) is 127 cm³/mol. The highest BCUT2D eigenvalue weighted by atomic mass is 16.5. The van der Waals surface area contributed by atoms with Gasteiger partial charge in [0, 0.05) is 24.6 Å². The van der Waals surface area contributed by atoms with Crippen LogP contribution in [0.4, 0.5) is 5.69 Å². The molecule has 1 aromatic heterocycles. The summed E-state index contributed by atoms with van der Waals surface area (Å²) in [4.78, 5) is 32.5. The number of carbonyl (C=O) groups is 2. The number of para-hydroxylation sites is 1. The molecule has 1 N–H and O–H groups in total. The Hall–Kier alpha value is -3.48. The Balaban J connectivity index is 1.51. The van der Waals surface area contributed by atoms with Gasteiger partial charge in [-0.2, -0.15) is 4.98 Å². The van der Waals surface area contributed by atoms with Gasteiger partial charge in [-0.25, -0.2) is 0 Å². The molecular formula is C26H30N4O3. The maximum atomic E-state index is 13.3. The maximum Gasteiger partial charge on any atom is 0.260 e. The Kier molecular flexibility index (Phi) is 6.58. The van der Waals surface area contributed by atoms with E-state index in [-0.39, 0.29) is 23.7 Å². The number of piperidine rings is 1. The Bertz CT molecular complexity index is 1150. The lowest BCUT2D eigenvalue weighted by molar-refractivity contribution is -0.121. The van der Waals surface area contributed by atoms with Gasteiger partial charge in [0.2, 0.25) is 5.91 Å². The van der Waals surface area contributed by atoms with Crippen molar-refractivity contribution < 1.29 is 14.1 Å². The topological polar surface area (TPSA) is 88.3 Å². The van der Waals surface area contributed by atoms with Crippen LogP contribution in [0.1, 0.15) is 59.9 Å². The van der Waals surface area contributed by atoms with Gasteiger partial charge in [0.15, 0.2) is 5.82 Å². The lowest BCUT2D eigenvalue weighted by Gasteiger charge is -2.32. The van der Waals surface area contributed by atoms with E-state index in [1.165, 1.54) is 0 Å². The fourth-order valence-electron chi connectivity index (χ4n) is 4.07. The van der Waals surface area contributed by atoms with Gasteiger partial charge < -0.3 is 14.7 Å². The molecule has 172 valence electrons. The summed E-state index contributed by atoms with van der Waals surface area (Å²) in [5.41, 5.74) is 4.04. The molecule has 0 radical (unpaired) electrons. The number of hydrogen-bond acceptors (Lipinski definition) is 5. The molecule has 2 amide bonds. The van der Waals surface area contributed by atoms with E-state index in [1.54, 1.807) is 4.90 Å². The van der Waals surface area contributed by atoms with E-state index >= 15 is 0 Å². The van der Waals surface area contributed by atoms with Gasteiger partial charge in [0.05, 0.1) is 17.2 Å². The molecule has 2 aromatic carbocycles. The zero-order valence-electron chi connectivity index (χ0n) is 19.6. The highest BCUT2D eigenvalue weighted by Crippen LogP contribution is 2.31. The van der Waals surface area contributed by atoms with Gasteiger partial charge >= 0.3 is 0 Å². The SMILES string of the molecule is Cc1ccc(C(=O)N2CCCC(C(=O)Nc3c(C)cccc3-c3nc(C(C)C)no3)C2)cc1. The van der Waals surface area contributed by atoms with Crippen LogP contribution < -0.4 is 5.32 Å². The predicted octanol–water partition coefficient (Wildman–Crippen LogP) is 4.97. The fraction of sp³-hybridized carbons (Fsp3) is 0.385. The summed E-state index contributed by atoms with van der Waals surface area (Å²) >= 11 is 0. The van der Waals surface area contributed by atoms with Crippen molar-refractivity contribution in [3.05, 3.63) is 65.0 Å². The molecule has 7 nitrogen and oxygen atoms in total. The van der Waals surface area contributed by atoms with Crippen molar-refractivity contribution in [3.8, 4) is 11.5 Å². The highest BCUT2D eigenvalue weighted by molar-refractivity contribution is 5.98. The first kappa shape index (κ1) is 22.7. The van der Waals surface area contributed by atoms with Crippen molar-refractivity contribution >= 4 is 17.5 Å². The average Bonchev–Trinajstić information content (AvgIpc) is 3.31. The summed E-state index contributed by atoms with van der Waals surface area (Å²) in [5.74, 6) is 0.740. The second-order valence-corrected chi connectivity index (χ2v) is 9.06. The number of hydrogen-bond donors (Lipinski definition) is 1. The molecule has 1 aliphatic rings. The zero-order valence-corrected chi connectivity index (χ0v) is 19.6. The minimum Gasteiger partial charge on any atom is -0.338 e. The summed E-state index contributed by atoms with van der Waals surface area (Å²) in [6, 6.07) is 13.3. The first-order valence-electron chi connectivity index (χ1n) is 11.4. The molecule has 1 saturated heterocycles. The third-order valence-corrected chi connectivity index (χ3v) is 6.09. The number of nitrogens with one attached hydrogen (secondary N) is 1. The van der Waals surface area contributed by atoms with E-state index in [4.69, 9.17) is 4.52 Å². The van der Waals surface area contributed by atoms with E-state index in [0.717, 1.165) is 24.0 Å². The quantitative estimate of drug-likeness (QED) is 0.598. The molecule has 0 aliphatic carbocycles. The smallest absolute Gasteiger partial charge is 0.260 e. The molecule has 1 fully saturated rings. The van der Waals surface area contributed by atoms with E-state index in [0.29, 0.717) is 41.6 Å². The van der Waals surface area contributed by atoms with Crippen molar-refractivity contribution in [2.75, 3.05) is 18.4 Å². The van der Waals surface area contributed by atoms with Gasteiger partial charge in [-0.1, -0.05) is 48.8 Å². The lowest BCUT2D eigenvalue weighted by atomic mass is 9.95. The molecule has 1 atom stereocenters. The van der Waals surface area contributed by atoms with E-state index < -0.39 is 0 Å². The molecule has 4 rings (SSSR count). The molecule has 0 spiro atoms. The molecule has 0 bridgehead atoms. The van der Waals surface area contributed by atoms with Crippen LogP contribution in [0.3, 0.4) is 0 Å². The number of amides is 2. The maximum absolute atomic E-state index is 13.3. The Labute approximate surface area is 194 Å². The molecule has 0 saturated carbocycles. The van der Waals surface area contributed by atoms with Gasteiger partial charge in [0.25, 0.3) is 11.8 Å². The number of carbonyl (C=O) groups excluding carboxylic acids is 2. The van der Waals surface area contributed by atoms with Crippen LogP contribution in [0.2, 0.25) is 0 Å². The molecular weight excluding hydrogens is 416 g/mol. The molecule has 2 heterocycles. The van der Waals surface area contributed by atoms with Gasteiger partial charge in [-0.15, -0.1) is 0 Å². The second-order valence-electron chi connectivity index (χ2n) is 9.06. The molecule has 33 heavy (non-hydrogen) atoms. The summed E-state index contributed by atoms with van der Waals surface area (Å²) < 4.78 is 5.48. The van der Waals surface area contributed by atoms with Gasteiger partial charge in [-0.3, -0.25) is 9.59 Å². The standard InChI is InChI=1S/C26H30N4O3/c1-16(2)23-28-25(33-29-23)21-9-5-7-18(4)22(21)27-24(31)20-8-6-14-30(15-20)26(32)19-12-10-17(3)11-13-19/h5,7,9-13,16,20H,6,8,14-15H2,1-4H3,(H,27,31). The number of aromatic nitrogens is 2. The average molecular weight is 447 g/mol. The number of anilines is 1. The minimum absolute atomic E-state index is 0.0313. The van der Waals surface area contributed by atoms with Crippen LogP contribution in [0.25, 0.3) is 11.5 Å². The highest BCUT2D eigenvalue weighted by Gasteiger charge is 2.30. The number of benzene rings is 2. The van der Waals surface area contributed by atoms with E-state index in [9.17, 15) is 9.59 Å². The largest absolute Gasteiger partial charge is 0.338 e. The second kappa shape index (κ2) is 9.57. The first-order chi connectivity index (χ1) is 15.8. The van der Waals surface area contributed by atoms with E-state index in [1.807, 2.05) is 70.2 Å². The van der Waals surface area contributed by atoms with Crippen LogP contribution in [0.5, 0.6) is 0 Å². The summed E-state index contributed by atoms with van der Waals surface area (Å²) in [7, 11) is 0. The number of rotatable bonds is 5. The minimum atomic E-state index is -0.283. The summed E-state index contributed by atoms with van der Waals surface area (Å²) in [6.45, 7) is 8.99. The fourth-order valence-corrected chi connectivity index (χ4v) is 4.07. The number of aryl methyl sites for hydroxylation is 2. The van der Waals surface area contributed by atoms with Crippen molar-refractivity contribution in [3.63, 3.8) is 0 Å². The summed E-state index contributed by atoms with van der Waals surface area (Å²) in [6.07, 6.45) is 1.53. The third kappa shape index (κ3) is 4.97. The van der Waals surface area contributed by atoms with Crippen LogP contribution in [-0.4, -0.2) is 39.9 Å². The van der Waals surface area contributed by atoms with Crippen molar-refractivity contribution in [2.45, 2.75) is 46.5 Å². The number of likely N-dealkylation sites (tertiary alicyclic amines) is 1. The number of nitrogens with zero attached hydrogens (tertiary/aromatic N) is 3. The Morgan fingerprint density at radius 3 is 2.58 bits per heavy atom. The van der Waals surface area contributed by atoms with Gasteiger partial charge in [-0.05, 0) is 50.5 Å². The van der Waals surface area contributed by atoms with Crippen molar-refractivity contribution in [1.82, 2.24) is 15.0 Å². The van der Waals surface area contributed by atoms with Crippen molar-refractivity contribution in [1.29, 1.82) is 0 Å². The van der Waals surface area contributed by atoms with Crippen LogP contribution >= 0.6 is 0 Å². The van der Waals surface area contributed by atoms with Gasteiger partial charge in [0.1, 0.15) is 0 Å². The van der Waals surface area contributed by atoms with Crippen molar-refractivity contribution in [2.24, 2.45) is 5.92 Å². The molecule has 3 aromatic rings. The normalized spacial score (nSPS) is 16.2. The van der Waals surface area contributed by atoms with Crippen LogP contribution in [0.15, 0.2) is 47.0 Å². The molecule has 7 heteroatoms. The Morgan fingerprint density at radius 2 is 1.88 bits per heavy atom. The van der Waals surface area contributed by atoms with Crippen LogP contribution in [0, 0.1) is 19.8 Å².